The molecule has 4 heterocycles. The van der Waals surface area contributed by atoms with Gasteiger partial charge in [0.2, 0.25) is 5.89 Å². The number of likely N-dealkylation sites (tertiary alicyclic amines) is 2. The molecule has 8 nitrogen and oxygen atoms in total. The Morgan fingerprint density at radius 3 is 2.65 bits per heavy atom. The fourth-order valence-corrected chi connectivity index (χ4v) is 4.83. The van der Waals surface area contributed by atoms with Gasteiger partial charge < -0.3 is 14.2 Å². The number of amides is 1. The van der Waals surface area contributed by atoms with Crippen molar-refractivity contribution in [2.24, 2.45) is 0 Å². The number of carbonyl (C=O) groups excluding carboxylic acids is 1. The molecule has 2 aliphatic rings. The summed E-state index contributed by atoms with van der Waals surface area (Å²) in [5.74, 6) is 1.57. The van der Waals surface area contributed by atoms with Gasteiger partial charge in [-0.1, -0.05) is 24.6 Å². The second-order valence-electron chi connectivity index (χ2n) is 9.19. The Morgan fingerprint density at radius 1 is 1.18 bits per heavy atom. The molecule has 1 unspecified atom stereocenters. The van der Waals surface area contributed by atoms with Crippen LogP contribution in [0.15, 0.2) is 47.4 Å². The highest BCUT2D eigenvalue weighted by Crippen LogP contribution is 2.31. The first kappa shape index (κ1) is 22.5. The average molecular weight is 462 g/mol. The molecule has 0 bridgehead atoms. The standard InChI is InChI=1S/C26H31N5O3/c1-3-6-24(25-28-17-29-34-25)31-15-21(16-31)33-20-8-10-23(27-14-20)19-7-9-22(18(2)13-19)26(32)30-11-4-5-12-30/h7-10,13-14,17,21,24H,3-6,11-12,15-16H2,1-2H3. The van der Waals surface area contributed by atoms with Crippen molar-refractivity contribution in [1.29, 1.82) is 0 Å². The molecule has 8 heteroatoms. The van der Waals surface area contributed by atoms with Crippen molar-refractivity contribution in [2.45, 2.75) is 51.7 Å². The smallest absolute Gasteiger partial charge is 0.254 e. The maximum atomic E-state index is 12.7. The third kappa shape index (κ3) is 4.68. The predicted molar refractivity (Wildman–Crippen MR) is 127 cm³/mol. The van der Waals surface area contributed by atoms with Crippen molar-refractivity contribution in [3.8, 4) is 17.0 Å². The number of aryl methyl sites for hydroxylation is 1. The lowest BCUT2D eigenvalue weighted by molar-refractivity contribution is -0.0211. The van der Waals surface area contributed by atoms with E-state index in [-0.39, 0.29) is 18.1 Å². The normalized spacial score (nSPS) is 17.5. The zero-order chi connectivity index (χ0) is 23.5. The van der Waals surface area contributed by atoms with Gasteiger partial charge in [-0.2, -0.15) is 4.98 Å². The van der Waals surface area contributed by atoms with E-state index >= 15 is 0 Å². The van der Waals surface area contributed by atoms with Crippen LogP contribution in [-0.2, 0) is 0 Å². The summed E-state index contributed by atoms with van der Waals surface area (Å²) in [6, 6.07) is 10.0. The Balaban J connectivity index is 1.18. The number of ether oxygens (including phenoxy) is 1. The summed E-state index contributed by atoms with van der Waals surface area (Å²) >= 11 is 0. The Labute approximate surface area is 199 Å². The molecule has 2 saturated heterocycles. The minimum Gasteiger partial charge on any atom is -0.486 e. The predicted octanol–water partition coefficient (Wildman–Crippen LogP) is 4.28. The lowest BCUT2D eigenvalue weighted by Crippen LogP contribution is -2.55. The molecule has 0 radical (unpaired) electrons. The Kier molecular flexibility index (Phi) is 6.58. The van der Waals surface area contributed by atoms with E-state index in [2.05, 4.69) is 26.9 Å². The number of benzene rings is 1. The fourth-order valence-electron chi connectivity index (χ4n) is 4.83. The number of rotatable bonds is 8. The summed E-state index contributed by atoms with van der Waals surface area (Å²) in [6.45, 7) is 7.51. The Bertz CT molecular complexity index is 1100. The van der Waals surface area contributed by atoms with Crippen LogP contribution in [0.3, 0.4) is 0 Å². The number of carbonyl (C=O) groups is 1. The van der Waals surface area contributed by atoms with Crippen LogP contribution in [0.5, 0.6) is 5.75 Å². The molecule has 2 fully saturated rings. The Hall–Kier alpha value is -3.26. The maximum absolute atomic E-state index is 12.7. The van der Waals surface area contributed by atoms with Crippen LogP contribution in [0, 0.1) is 6.92 Å². The van der Waals surface area contributed by atoms with Gasteiger partial charge in [-0.05, 0) is 56.0 Å². The highest BCUT2D eigenvalue weighted by Gasteiger charge is 2.36. The van der Waals surface area contributed by atoms with Crippen LogP contribution in [-0.4, -0.2) is 63.1 Å². The lowest BCUT2D eigenvalue weighted by Gasteiger charge is -2.42. The van der Waals surface area contributed by atoms with Gasteiger partial charge in [0.1, 0.15) is 11.9 Å². The molecular formula is C26H31N5O3. The van der Waals surface area contributed by atoms with E-state index in [1.54, 1.807) is 6.20 Å². The van der Waals surface area contributed by atoms with Gasteiger partial charge in [-0.3, -0.25) is 14.7 Å². The highest BCUT2D eigenvalue weighted by atomic mass is 16.5. The topological polar surface area (TPSA) is 84.6 Å². The van der Waals surface area contributed by atoms with E-state index in [1.807, 2.05) is 42.2 Å². The van der Waals surface area contributed by atoms with Gasteiger partial charge in [0.15, 0.2) is 6.33 Å². The van der Waals surface area contributed by atoms with Crippen molar-refractivity contribution in [3.05, 3.63) is 59.9 Å². The van der Waals surface area contributed by atoms with Gasteiger partial charge >= 0.3 is 0 Å². The van der Waals surface area contributed by atoms with Crippen LogP contribution in [0.25, 0.3) is 11.3 Å². The van der Waals surface area contributed by atoms with Crippen molar-refractivity contribution < 1.29 is 14.1 Å². The summed E-state index contributed by atoms with van der Waals surface area (Å²) in [4.78, 5) is 25.9. The molecule has 0 aliphatic carbocycles. The fraction of sp³-hybridized carbons (Fsp3) is 0.462. The first-order valence-corrected chi connectivity index (χ1v) is 12.2. The number of pyridine rings is 1. The van der Waals surface area contributed by atoms with Gasteiger partial charge in [0, 0.05) is 37.3 Å². The molecule has 0 saturated carbocycles. The van der Waals surface area contributed by atoms with Crippen molar-refractivity contribution in [1.82, 2.24) is 24.9 Å². The molecule has 34 heavy (non-hydrogen) atoms. The quantitative estimate of drug-likeness (QED) is 0.495. The third-order valence-corrected chi connectivity index (χ3v) is 6.73. The molecule has 0 N–H and O–H groups in total. The summed E-state index contributed by atoms with van der Waals surface area (Å²) in [5, 5.41) is 3.75. The largest absolute Gasteiger partial charge is 0.486 e. The van der Waals surface area contributed by atoms with E-state index < -0.39 is 0 Å². The molecule has 1 atom stereocenters. The van der Waals surface area contributed by atoms with Gasteiger partial charge in [0.25, 0.3) is 5.91 Å². The minimum absolute atomic E-state index is 0.119. The zero-order valence-electron chi connectivity index (χ0n) is 19.8. The SMILES string of the molecule is CCCC(c1ncno1)N1CC(Oc2ccc(-c3ccc(C(=O)N4CCCC4)c(C)c3)nc2)C1. The molecular weight excluding hydrogens is 430 g/mol. The van der Waals surface area contributed by atoms with Crippen LogP contribution >= 0.6 is 0 Å². The molecule has 5 rings (SSSR count). The van der Waals surface area contributed by atoms with Crippen LogP contribution in [0.1, 0.15) is 60.5 Å². The third-order valence-electron chi connectivity index (χ3n) is 6.73. The lowest BCUT2D eigenvalue weighted by atomic mass is 10.0. The summed E-state index contributed by atoms with van der Waals surface area (Å²) < 4.78 is 11.4. The monoisotopic (exact) mass is 461 g/mol. The Morgan fingerprint density at radius 2 is 2.00 bits per heavy atom. The molecule has 0 spiro atoms. The number of hydrogen-bond donors (Lipinski definition) is 0. The van der Waals surface area contributed by atoms with E-state index in [0.717, 1.165) is 80.0 Å². The van der Waals surface area contributed by atoms with E-state index in [1.165, 1.54) is 6.33 Å². The second kappa shape index (κ2) is 9.93. The first-order chi connectivity index (χ1) is 16.6. The molecule has 2 aromatic heterocycles. The van der Waals surface area contributed by atoms with Gasteiger partial charge in [-0.25, -0.2) is 0 Å². The van der Waals surface area contributed by atoms with E-state index in [4.69, 9.17) is 9.26 Å². The highest BCUT2D eigenvalue weighted by molar-refractivity contribution is 5.96. The average Bonchev–Trinajstić information content (AvgIpc) is 3.55. The van der Waals surface area contributed by atoms with E-state index in [0.29, 0.717) is 5.89 Å². The zero-order valence-corrected chi connectivity index (χ0v) is 19.8. The summed E-state index contributed by atoms with van der Waals surface area (Å²) in [7, 11) is 0. The second-order valence-corrected chi connectivity index (χ2v) is 9.19. The van der Waals surface area contributed by atoms with Gasteiger partial charge in [-0.15, -0.1) is 0 Å². The molecule has 2 aliphatic heterocycles. The molecule has 3 aromatic rings. The summed E-state index contributed by atoms with van der Waals surface area (Å²) in [6.07, 6.45) is 7.57. The minimum atomic E-state index is 0.119. The number of nitrogens with zero attached hydrogens (tertiary/aromatic N) is 5. The van der Waals surface area contributed by atoms with Crippen LogP contribution < -0.4 is 4.74 Å². The molecule has 1 aromatic carbocycles. The van der Waals surface area contributed by atoms with Crippen LogP contribution in [0.4, 0.5) is 0 Å². The first-order valence-electron chi connectivity index (χ1n) is 12.2. The summed E-state index contributed by atoms with van der Waals surface area (Å²) in [5.41, 5.74) is 3.63. The molecule has 1 amide bonds. The van der Waals surface area contributed by atoms with Crippen LogP contribution in [0.2, 0.25) is 0 Å². The van der Waals surface area contributed by atoms with Crippen molar-refractivity contribution in [2.75, 3.05) is 26.2 Å². The maximum Gasteiger partial charge on any atom is 0.254 e. The van der Waals surface area contributed by atoms with Crippen molar-refractivity contribution in [3.63, 3.8) is 0 Å². The van der Waals surface area contributed by atoms with Crippen molar-refractivity contribution >= 4 is 5.91 Å². The molecule has 178 valence electrons. The number of aromatic nitrogens is 3. The van der Waals surface area contributed by atoms with Gasteiger partial charge in [0.05, 0.1) is 17.9 Å². The van der Waals surface area contributed by atoms with E-state index in [9.17, 15) is 4.79 Å². The number of hydrogen-bond acceptors (Lipinski definition) is 7.